The molecule has 0 aliphatic heterocycles. The molecule has 0 bridgehead atoms. The molecule has 1 heterocycles. The fourth-order valence-electron chi connectivity index (χ4n) is 2.90. The van der Waals surface area contributed by atoms with E-state index in [1.807, 2.05) is 18.2 Å². The van der Waals surface area contributed by atoms with Crippen molar-refractivity contribution in [3.8, 4) is 17.1 Å². The molecular formula is C22H18N2. The minimum atomic E-state index is 0.834. The predicted octanol–water partition coefficient (Wildman–Crippen LogP) is 5.13. The van der Waals surface area contributed by atoms with E-state index in [0.29, 0.717) is 0 Å². The van der Waals surface area contributed by atoms with E-state index in [1.54, 1.807) is 0 Å². The average Bonchev–Trinajstić information content (AvgIpc) is 3.08. The Hall–Kier alpha value is -3.13. The Kier molecular flexibility index (Phi) is 3.95. The van der Waals surface area contributed by atoms with Crippen molar-refractivity contribution in [1.29, 1.82) is 0 Å². The van der Waals surface area contributed by atoms with E-state index in [2.05, 4.69) is 83.6 Å². The normalized spacial score (nSPS) is 10.7. The van der Waals surface area contributed by atoms with Gasteiger partial charge in [0, 0.05) is 23.9 Å². The first kappa shape index (κ1) is 14.5. The van der Waals surface area contributed by atoms with Crippen LogP contribution in [0.5, 0.6) is 0 Å². The lowest BCUT2D eigenvalue weighted by atomic mass is 10.1. The van der Waals surface area contributed by atoms with Crippen molar-refractivity contribution in [1.82, 2.24) is 9.55 Å². The van der Waals surface area contributed by atoms with Gasteiger partial charge in [0.05, 0.1) is 5.69 Å². The van der Waals surface area contributed by atoms with Crippen molar-refractivity contribution < 1.29 is 0 Å². The van der Waals surface area contributed by atoms with Crippen molar-refractivity contribution >= 4 is 0 Å². The molecule has 2 nitrogen and oxygen atoms in total. The first-order valence-electron chi connectivity index (χ1n) is 8.13. The summed E-state index contributed by atoms with van der Waals surface area (Å²) in [6.45, 7) is 0. The Morgan fingerprint density at radius 3 is 1.92 bits per heavy atom. The van der Waals surface area contributed by atoms with E-state index < -0.39 is 0 Å². The van der Waals surface area contributed by atoms with Crippen molar-refractivity contribution in [2.24, 2.45) is 0 Å². The van der Waals surface area contributed by atoms with Gasteiger partial charge in [-0.3, -0.25) is 4.57 Å². The largest absolute Gasteiger partial charge is 0.300 e. The van der Waals surface area contributed by atoms with Crippen LogP contribution in [0.2, 0.25) is 0 Å². The fourth-order valence-corrected chi connectivity index (χ4v) is 2.90. The van der Waals surface area contributed by atoms with Gasteiger partial charge >= 0.3 is 0 Å². The van der Waals surface area contributed by atoms with Crippen molar-refractivity contribution in [2.75, 3.05) is 0 Å². The summed E-state index contributed by atoms with van der Waals surface area (Å²) in [4.78, 5) is 4.92. The molecule has 0 fully saturated rings. The fraction of sp³-hybridized carbons (Fsp3) is 0.0455. The summed E-state index contributed by atoms with van der Waals surface area (Å²) in [5, 5.41) is 0. The SMILES string of the molecule is c1ccc(Cc2cn(-c3ccccc3)c(-c3ccccc3)n2)cc1. The molecule has 4 rings (SSSR count). The summed E-state index contributed by atoms with van der Waals surface area (Å²) in [7, 11) is 0. The first-order valence-corrected chi connectivity index (χ1v) is 8.13. The van der Waals surface area contributed by atoms with Crippen LogP contribution < -0.4 is 0 Å². The number of imidazole rings is 1. The molecule has 0 aliphatic rings. The minimum Gasteiger partial charge on any atom is -0.300 e. The average molecular weight is 310 g/mol. The number of hydrogen-bond acceptors (Lipinski definition) is 1. The topological polar surface area (TPSA) is 17.8 Å². The molecule has 0 atom stereocenters. The van der Waals surface area contributed by atoms with Gasteiger partial charge in [0.2, 0.25) is 0 Å². The van der Waals surface area contributed by atoms with Gasteiger partial charge < -0.3 is 0 Å². The quantitative estimate of drug-likeness (QED) is 0.511. The number of para-hydroxylation sites is 1. The van der Waals surface area contributed by atoms with Crippen LogP contribution in [-0.2, 0) is 6.42 Å². The van der Waals surface area contributed by atoms with Gasteiger partial charge in [0.1, 0.15) is 5.82 Å². The maximum Gasteiger partial charge on any atom is 0.144 e. The molecule has 0 unspecified atom stereocenters. The molecular weight excluding hydrogens is 292 g/mol. The molecule has 4 aromatic rings. The molecule has 0 spiro atoms. The summed E-state index contributed by atoms with van der Waals surface area (Å²) < 4.78 is 2.17. The van der Waals surface area contributed by atoms with Crippen LogP contribution in [0, 0.1) is 0 Å². The molecule has 0 aliphatic carbocycles. The van der Waals surface area contributed by atoms with Crippen molar-refractivity contribution in [2.45, 2.75) is 6.42 Å². The third kappa shape index (κ3) is 2.99. The molecule has 116 valence electrons. The molecule has 2 heteroatoms. The molecule has 24 heavy (non-hydrogen) atoms. The molecule has 0 saturated carbocycles. The van der Waals surface area contributed by atoms with Gasteiger partial charge in [-0.05, 0) is 17.7 Å². The Morgan fingerprint density at radius 1 is 0.667 bits per heavy atom. The van der Waals surface area contributed by atoms with Gasteiger partial charge in [-0.2, -0.15) is 0 Å². The third-order valence-electron chi connectivity index (χ3n) is 4.05. The second-order valence-electron chi connectivity index (χ2n) is 5.79. The van der Waals surface area contributed by atoms with Crippen LogP contribution in [0.1, 0.15) is 11.3 Å². The van der Waals surface area contributed by atoms with Crippen molar-refractivity contribution in [3.63, 3.8) is 0 Å². The van der Waals surface area contributed by atoms with Crippen molar-refractivity contribution in [3.05, 3.63) is 108 Å². The first-order chi connectivity index (χ1) is 11.9. The minimum absolute atomic E-state index is 0.834. The highest BCUT2D eigenvalue weighted by atomic mass is 15.1. The van der Waals surface area contributed by atoms with Gasteiger partial charge in [0.15, 0.2) is 0 Å². The van der Waals surface area contributed by atoms with E-state index in [4.69, 9.17) is 4.98 Å². The second kappa shape index (κ2) is 6.55. The predicted molar refractivity (Wildman–Crippen MR) is 98.2 cm³/mol. The summed E-state index contributed by atoms with van der Waals surface area (Å²) in [6, 6.07) is 31.2. The van der Waals surface area contributed by atoms with E-state index in [-0.39, 0.29) is 0 Å². The monoisotopic (exact) mass is 310 g/mol. The van der Waals surface area contributed by atoms with Crippen LogP contribution in [0.3, 0.4) is 0 Å². The maximum atomic E-state index is 4.92. The zero-order valence-corrected chi connectivity index (χ0v) is 13.3. The third-order valence-corrected chi connectivity index (χ3v) is 4.05. The Balaban J connectivity index is 1.79. The standard InChI is InChI=1S/C22H18N2/c1-4-10-18(11-5-1)16-20-17-24(21-14-8-3-9-15-21)22(23-20)19-12-6-2-7-13-19/h1-15,17H,16H2. The molecule has 1 aromatic heterocycles. The Labute approximate surface area is 142 Å². The highest BCUT2D eigenvalue weighted by Crippen LogP contribution is 2.24. The lowest BCUT2D eigenvalue weighted by Gasteiger charge is -2.07. The van der Waals surface area contributed by atoms with E-state index >= 15 is 0 Å². The summed E-state index contributed by atoms with van der Waals surface area (Å²) in [6.07, 6.45) is 2.98. The van der Waals surface area contributed by atoms with Gasteiger partial charge in [0.25, 0.3) is 0 Å². The zero-order valence-electron chi connectivity index (χ0n) is 13.3. The van der Waals surface area contributed by atoms with Crippen LogP contribution >= 0.6 is 0 Å². The zero-order chi connectivity index (χ0) is 16.2. The number of benzene rings is 3. The number of aromatic nitrogens is 2. The molecule has 0 saturated heterocycles. The smallest absolute Gasteiger partial charge is 0.144 e. The van der Waals surface area contributed by atoms with Gasteiger partial charge in [-0.1, -0.05) is 78.9 Å². The summed E-state index contributed by atoms with van der Waals surface area (Å²) >= 11 is 0. The van der Waals surface area contributed by atoms with Crippen LogP contribution in [0.15, 0.2) is 97.2 Å². The molecule has 0 amide bonds. The van der Waals surface area contributed by atoms with Crippen LogP contribution in [0.25, 0.3) is 17.1 Å². The highest BCUT2D eigenvalue weighted by Gasteiger charge is 2.11. The Morgan fingerprint density at radius 2 is 1.25 bits per heavy atom. The molecule has 3 aromatic carbocycles. The molecule has 0 radical (unpaired) electrons. The van der Waals surface area contributed by atoms with Gasteiger partial charge in [-0.25, -0.2) is 4.98 Å². The molecule has 0 N–H and O–H groups in total. The highest BCUT2D eigenvalue weighted by molar-refractivity contribution is 5.59. The number of nitrogens with zero attached hydrogens (tertiary/aromatic N) is 2. The van der Waals surface area contributed by atoms with E-state index in [0.717, 1.165) is 29.2 Å². The lowest BCUT2D eigenvalue weighted by Crippen LogP contribution is -1.95. The van der Waals surface area contributed by atoms with Gasteiger partial charge in [-0.15, -0.1) is 0 Å². The maximum absolute atomic E-state index is 4.92. The van der Waals surface area contributed by atoms with E-state index in [1.165, 1.54) is 5.56 Å². The number of hydrogen-bond donors (Lipinski definition) is 0. The van der Waals surface area contributed by atoms with Crippen LogP contribution in [0.4, 0.5) is 0 Å². The second-order valence-corrected chi connectivity index (χ2v) is 5.79. The summed E-state index contributed by atoms with van der Waals surface area (Å²) in [5.74, 6) is 0.979. The van der Waals surface area contributed by atoms with Crippen LogP contribution in [-0.4, -0.2) is 9.55 Å². The lowest BCUT2D eigenvalue weighted by molar-refractivity contribution is 1.07. The van der Waals surface area contributed by atoms with E-state index in [9.17, 15) is 0 Å². The summed E-state index contributed by atoms with van der Waals surface area (Å²) in [5.41, 5.74) is 4.60. The Bertz CT molecular complexity index is 853. The number of rotatable bonds is 4.